The molecule has 0 saturated carbocycles. The molecule has 0 aliphatic carbocycles. The van der Waals surface area contributed by atoms with Crippen molar-refractivity contribution in [1.29, 1.82) is 0 Å². The lowest BCUT2D eigenvalue weighted by Gasteiger charge is -2.18. The van der Waals surface area contributed by atoms with Crippen molar-refractivity contribution in [3.63, 3.8) is 0 Å². The van der Waals surface area contributed by atoms with Gasteiger partial charge in [0.2, 0.25) is 0 Å². The molecule has 6 heteroatoms. The van der Waals surface area contributed by atoms with Crippen LogP contribution in [0.1, 0.15) is 348 Å². The highest BCUT2D eigenvalue weighted by Crippen LogP contribution is 2.18. The first-order chi connectivity index (χ1) is 37.5. The first kappa shape index (κ1) is 73.1. The SMILES string of the molecule is CC/C=C\C/C=C\C/C=C\CCCCCCCCCC(=O)OC(COC(=O)CCCCCCCCCC)COC(=O)CCCCCCCCCCCCCCCCCCCCCCC/C=C\C/C=C\CCCCCCC. The number of hydrogen-bond donors (Lipinski definition) is 0. The highest BCUT2D eigenvalue weighted by atomic mass is 16.6. The molecule has 6 nitrogen and oxygen atoms in total. The average molecular weight is 1060 g/mol. The van der Waals surface area contributed by atoms with Crippen molar-refractivity contribution in [2.75, 3.05) is 13.2 Å². The van der Waals surface area contributed by atoms with E-state index in [1.54, 1.807) is 0 Å². The van der Waals surface area contributed by atoms with Crippen molar-refractivity contribution >= 4 is 17.9 Å². The van der Waals surface area contributed by atoms with E-state index in [1.807, 2.05) is 0 Å². The fourth-order valence-corrected chi connectivity index (χ4v) is 9.79. The van der Waals surface area contributed by atoms with Crippen LogP contribution in [0.15, 0.2) is 60.8 Å². The normalized spacial score (nSPS) is 12.4. The van der Waals surface area contributed by atoms with E-state index in [0.717, 1.165) is 89.9 Å². The first-order valence-corrected chi connectivity index (χ1v) is 33.3. The molecule has 0 spiro atoms. The Bertz CT molecular complexity index is 1360. The number of carbonyl (C=O) groups excluding carboxylic acids is 3. The lowest BCUT2D eigenvalue weighted by Crippen LogP contribution is -2.30. The number of rotatable bonds is 61. The van der Waals surface area contributed by atoms with Gasteiger partial charge in [0.1, 0.15) is 13.2 Å². The second-order valence-corrected chi connectivity index (χ2v) is 22.4. The number of carbonyl (C=O) groups is 3. The maximum Gasteiger partial charge on any atom is 0.306 e. The van der Waals surface area contributed by atoms with Crippen LogP contribution in [0.4, 0.5) is 0 Å². The Balaban J connectivity index is 4.01. The molecule has 0 amide bonds. The summed E-state index contributed by atoms with van der Waals surface area (Å²) >= 11 is 0. The molecule has 442 valence electrons. The maximum absolute atomic E-state index is 12.8. The molecule has 0 heterocycles. The molecule has 0 aliphatic heterocycles. The van der Waals surface area contributed by atoms with Crippen molar-refractivity contribution < 1.29 is 28.6 Å². The van der Waals surface area contributed by atoms with Gasteiger partial charge >= 0.3 is 17.9 Å². The lowest BCUT2D eigenvalue weighted by molar-refractivity contribution is -0.167. The Morgan fingerprint density at radius 2 is 0.513 bits per heavy atom. The molecule has 76 heavy (non-hydrogen) atoms. The molecule has 0 saturated heterocycles. The largest absolute Gasteiger partial charge is 0.462 e. The van der Waals surface area contributed by atoms with Crippen molar-refractivity contribution in [1.82, 2.24) is 0 Å². The molecule has 0 radical (unpaired) electrons. The number of esters is 3. The third-order valence-electron chi connectivity index (χ3n) is 14.8. The zero-order chi connectivity index (χ0) is 55.0. The van der Waals surface area contributed by atoms with E-state index in [-0.39, 0.29) is 31.1 Å². The molecule has 0 aromatic rings. The van der Waals surface area contributed by atoms with Gasteiger partial charge in [0.15, 0.2) is 6.10 Å². The summed E-state index contributed by atoms with van der Waals surface area (Å²) in [5, 5.41) is 0. The van der Waals surface area contributed by atoms with Crippen LogP contribution in [0.3, 0.4) is 0 Å². The van der Waals surface area contributed by atoms with Gasteiger partial charge in [0.05, 0.1) is 0 Å². The predicted molar refractivity (Wildman–Crippen MR) is 330 cm³/mol. The minimum absolute atomic E-state index is 0.0740. The van der Waals surface area contributed by atoms with Gasteiger partial charge in [0.25, 0.3) is 0 Å². The molecule has 0 fully saturated rings. The topological polar surface area (TPSA) is 78.9 Å². The van der Waals surface area contributed by atoms with Crippen molar-refractivity contribution in [2.24, 2.45) is 0 Å². The van der Waals surface area contributed by atoms with E-state index < -0.39 is 6.10 Å². The van der Waals surface area contributed by atoms with Gasteiger partial charge in [-0.25, -0.2) is 0 Å². The van der Waals surface area contributed by atoms with Crippen LogP contribution < -0.4 is 0 Å². The third-order valence-corrected chi connectivity index (χ3v) is 14.8. The van der Waals surface area contributed by atoms with Crippen LogP contribution in [0.25, 0.3) is 0 Å². The van der Waals surface area contributed by atoms with Crippen LogP contribution in [-0.4, -0.2) is 37.2 Å². The summed E-state index contributed by atoms with van der Waals surface area (Å²) < 4.78 is 16.9. The fourth-order valence-electron chi connectivity index (χ4n) is 9.79. The molecule has 0 aliphatic rings. The van der Waals surface area contributed by atoms with E-state index in [4.69, 9.17) is 14.2 Å². The highest BCUT2D eigenvalue weighted by molar-refractivity contribution is 5.71. The van der Waals surface area contributed by atoms with Crippen molar-refractivity contribution in [3.8, 4) is 0 Å². The Kier molecular flexibility index (Phi) is 62.2. The second kappa shape index (κ2) is 64.6. The Hall–Kier alpha value is -2.89. The molecule has 0 bridgehead atoms. The molecule has 0 aromatic heterocycles. The van der Waals surface area contributed by atoms with Crippen molar-refractivity contribution in [2.45, 2.75) is 354 Å². The van der Waals surface area contributed by atoms with Crippen LogP contribution in [0.5, 0.6) is 0 Å². The predicted octanol–water partition coefficient (Wildman–Crippen LogP) is 22.7. The van der Waals surface area contributed by atoms with Gasteiger partial charge in [-0.1, -0.05) is 306 Å². The van der Waals surface area contributed by atoms with Gasteiger partial charge in [-0.05, 0) is 83.5 Å². The minimum Gasteiger partial charge on any atom is -0.462 e. The number of unbranched alkanes of at least 4 members (excludes halogenated alkanes) is 40. The van der Waals surface area contributed by atoms with Gasteiger partial charge in [-0.2, -0.15) is 0 Å². The summed E-state index contributed by atoms with van der Waals surface area (Å²) in [6.07, 6.45) is 82.7. The van der Waals surface area contributed by atoms with E-state index >= 15 is 0 Å². The molecule has 1 unspecified atom stereocenters. The van der Waals surface area contributed by atoms with Crippen LogP contribution >= 0.6 is 0 Å². The molecule has 0 rings (SSSR count). The number of allylic oxidation sites excluding steroid dienone is 10. The van der Waals surface area contributed by atoms with E-state index in [1.165, 1.54) is 218 Å². The number of ether oxygens (including phenoxy) is 3. The zero-order valence-corrected chi connectivity index (χ0v) is 50.8. The number of hydrogen-bond acceptors (Lipinski definition) is 6. The Morgan fingerprint density at radius 3 is 0.803 bits per heavy atom. The van der Waals surface area contributed by atoms with Gasteiger partial charge < -0.3 is 14.2 Å². The molecule has 0 N–H and O–H groups in total. The lowest BCUT2D eigenvalue weighted by atomic mass is 10.0. The molecular weight excluding hydrogens is 937 g/mol. The molecular formula is C70H126O6. The van der Waals surface area contributed by atoms with Crippen LogP contribution in [0.2, 0.25) is 0 Å². The van der Waals surface area contributed by atoms with Gasteiger partial charge in [-0.15, -0.1) is 0 Å². The Morgan fingerprint density at radius 1 is 0.276 bits per heavy atom. The quantitative estimate of drug-likeness (QED) is 0.0261. The van der Waals surface area contributed by atoms with Crippen molar-refractivity contribution in [3.05, 3.63) is 60.8 Å². The summed E-state index contributed by atoms with van der Waals surface area (Å²) in [4.78, 5) is 38.1. The molecule has 0 aromatic carbocycles. The summed E-state index contributed by atoms with van der Waals surface area (Å²) in [6.45, 7) is 6.52. The smallest absolute Gasteiger partial charge is 0.306 e. The monoisotopic (exact) mass is 1060 g/mol. The van der Waals surface area contributed by atoms with Crippen LogP contribution in [0, 0.1) is 0 Å². The van der Waals surface area contributed by atoms with Crippen LogP contribution in [-0.2, 0) is 28.6 Å². The molecule has 1 atom stereocenters. The standard InChI is InChI=1S/C70H126O6/c1-4-7-10-13-16-19-21-23-25-27-28-29-30-31-32-33-34-35-36-37-38-39-40-41-42-44-45-47-49-51-54-57-60-63-69(72)75-66-67(65-74-68(71)62-59-56-53-18-15-12-9-6-3)76-70(73)64-61-58-55-52-50-48-46-43-26-24-22-20-17-14-11-8-5-2/h8,11,17,20-21,23-24,26-28,67H,4-7,9-10,12-16,18-19,22,25,29-66H2,1-3H3/b11-8-,20-17-,23-21-,26-24-,28-27-. The maximum atomic E-state index is 12.8. The summed E-state index contributed by atoms with van der Waals surface area (Å²) in [5.41, 5.74) is 0. The van der Waals surface area contributed by atoms with E-state index in [0.29, 0.717) is 19.3 Å². The summed E-state index contributed by atoms with van der Waals surface area (Å²) in [6, 6.07) is 0. The Labute approximate surface area is 472 Å². The highest BCUT2D eigenvalue weighted by Gasteiger charge is 2.19. The minimum atomic E-state index is -0.775. The van der Waals surface area contributed by atoms with E-state index in [9.17, 15) is 14.4 Å². The van der Waals surface area contributed by atoms with E-state index in [2.05, 4.69) is 81.5 Å². The summed E-state index contributed by atoms with van der Waals surface area (Å²) in [5.74, 6) is -0.871. The van der Waals surface area contributed by atoms with Gasteiger partial charge in [-0.3, -0.25) is 14.4 Å². The van der Waals surface area contributed by atoms with Gasteiger partial charge in [0, 0.05) is 19.3 Å². The summed E-state index contributed by atoms with van der Waals surface area (Å²) in [7, 11) is 0. The zero-order valence-electron chi connectivity index (χ0n) is 50.8. The fraction of sp³-hybridized carbons (Fsp3) is 0.814. The third kappa shape index (κ3) is 62.0. The average Bonchev–Trinajstić information content (AvgIpc) is 3.42. The second-order valence-electron chi connectivity index (χ2n) is 22.4. The first-order valence-electron chi connectivity index (χ1n) is 33.3.